The van der Waals surface area contributed by atoms with E-state index >= 15 is 0 Å². The van der Waals surface area contributed by atoms with Crippen LogP contribution in [-0.4, -0.2) is 54.8 Å². The lowest BCUT2D eigenvalue weighted by molar-refractivity contribution is -0.154. The summed E-state index contributed by atoms with van der Waals surface area (Å²) < 4.78 is 40.4. The topological polar surface area (TPSA) is 54.5 Å². The summed E-state index contributed by atoms with van der Waals surface area (Å²) in [5.74, 6) is -0.333. The molecule has 0 saturated carbocycles. The molecule has 1 N–H and O–H groups in total. The molecule has 0 unspecified atom stereocenters. The van der Waals surface area contributed by atoms with E-state index in [0.717, 1.165) is 13.1 Å². The largest absolute Gasteiger partial charge is 0.468 e. The van der Waals surface area contributed by atoms with Crippen molar-refractivity contribution >= 4 is 18.3 Å². The molecule has 1 aliphatic heterocycles. The van der Waals surface area contributed by atoms with E-state index in [4.69, 9.17) is 0 Å². The predicted molar refractivity (Wildman–Crippen MR) is 71.8 cm³/mol. The normalized spacial score (nSPS) is 15.3. The smallest absolute Gasteiger partial charge is 0.422 e. The maximum absolute atomic E-state index is 12.1. The molecule has 2 rings (SSSR count). The molecule has 1 aliphatic rings. The second kappa shape index (κ2) is 7.46. The van der Waals surface area contributed by atoms with Gasteiger partial charge in [-0.1, -0.05) is 0 Å². The average molecular weight is 326 g/mol. The number of nitrogens with one attached hydrogen (secondary N) is 1. The molecule has 1 fully saturated rings. The molecule has 0 aromatic carbocycles. The van der Waals surface area contributed by atoms with Crippen LogP contribution in [0, 0.1) is 0 Å². The number of hydrogen-bond donors (Lipinski definition) is 1. The van der Waals surface area contributed by atoms with Crippen molar-refractivity contribution in [2.45, 2.75) is 6.18 Å². The lowest BCUT2D eigenvalue weighted by atomic mass is 10.2. The summed E-state index contributed by atoms with van der Waals surface area (Å²) in [6, 6.07) is 2.68. The Kier molecular flexibility index (Phi) is 6.22. The molecular formula is C12H15ClF3N3O2. The second-order valence-corrected chi connectivity index (χ2v) is 4.33. The van der Waals surface area contributed by atoms with E-state index in [0.29, 0.717) is 18.7 Å². The number of aromatic nitrogens is 1. The predicted octanol–water partition coefficient (Wildman–Crippen LogP) is 1.49. The fourth-order valence-electron chi connectivity index (χ4n) is 1.80. The third kappa shape index (κ3) is 5.39. The summed E-state index contributed by atoms with van der Waals surface area (Å²) in [5, 5.41) is 3.12. The molecule has 5 nitrogen and oxygen atoms in total. The minimum absolute atomic E-state index is 0. The highest BCUT2D eigenvalue weighted by Crippen LogP contribution is 2.17. The average Bonchev–Trinajstić information content (AvgIpc) is 2.45. The number of nitrogens with zero attached hydrogens (tertiary/aromatic N) is 2. The van der Waals surface area contributed by atoms with Crippen LogP contribution in [0.5, 0.6) is 5.88 Å². The molecule has 2 heterocycles. The van der Waals surface area contributed by atoms with Gasteiger partial charge < -0.3 is 15.0 Å². The summed E-state index contributed by atoms with van der Waals surface area (Å²) in [6.07, 6.45) is -3.17. The van der Waals surface area contributed by atoms with E-state index in [1.165, 1.54) is 18.3 Å². The number of alkyl halides is 3. The standard InChI is InChI=1S/C12H14F3N3O2.ClH/c13-12(14,15)8-20-10-2-1-9(7-17-10)11(19)18-5-3-16-4-6-18;/h1-2,7,16H,3-6,8H2;1H. The molecule has 21 heavy (non-hydrogen) atoms. The SMILES string of the molecule is Cl.O=C(c1ccc(OCC(F)(F)F)nc1)N1CCNCC1. The van der Waals surface area contributed by atoms with Crippen molar-refractivity contribution in [3.63, 3.8) is 0 Å². The van der Waals surface area contributed by atoms with E-state index in [-0.39, 0.29) is 24.2 Å². The zero-order valence-corrected chi connectivity index (χ0v) is 11.8. The van der Waals surface area contributed by atoms with Gasteiger partial charge in [-0.15, -0.1) is 12.4 Å². The van der Waals surface area contributed by atoms with Crippen LogP contribution >= 0.6 is 12.4 Å². The molecule has 9 heteroatoms. The third-order valence-corrected chi connectivity index (χ3v) is 2.77. The summed E-state index contributed by atoms with van der Waals surface area (Å²) in [6.45, 7) is 1.26. The number of hydrogen-bond acceptors (Lipinski definition) is 4. The van der Waals surface area contributed by atoms with E-state index in [1.807, 2.05) is 0 Å². The Labute approximate surface area is 125 Å². The molecule has 0 atom stereocenters. The van der Waals surface area contributed by atoms with Crippen LogP contribution in [-0.2, 0) is 0 Å². The number of rotatable bonds is 3. The van der Waals surface area contributed by atoms with Gasteiger partial charge in [0.2, 0.25) is 5.88 Å². The van der Waals surface area contributed by atoms with E-state index in [2.05, 4.69) is 15.0 Å². The highest BCUT2D eigenvalue weighted by molar-refractivity contribution is 5.94. The van der Waals surface area contributed by atoms with Gasteiger partial charge in [0.1, 0.15) is 0 Å². The van der Waals surface area contributed by atoms with Crippen LogP contribution < -0.4 is 10.1 Å². The van der Waals surface area contributed by atoms with Crippen molar-refractivity contribution < 1.29 is 22.7 Å². The van der Waals surface area contributed by atoms with Gasteiger partial charge in [0, 0.05) is 38.4 Å². The molecule has 1 saturated heterocycles. The Morgan fingerprint density at radius 1 is 1.33 bits per heavy atom. The van der Waals surface area contributed by atoms with Crippen molar-refractivity contribution in [2.24, 2.45) is 0 Å². The first-order valence-electron chi connectivity index (χ1n) is 6.11. The summed E-state index contributed by atoms with van der Waals surface area (Å²) in [5.41, 5.74) is 0.339. The molecule has 0 bridgehead atoms. The van der Waals surface area contributed by atoms with E-state index in [1.54, 1.807) is 4.90 Å². The summed E-state index contributed by atoms with van der Waals surface area (Å²) >= 11 is 0. The molecule has 1 aromatic heterocycles. The van der Waals surface area contributed by atoms with E-state index in [9.17, 15) is 18.0 Å². The van der Waals surface area contributed by atoms with Gasteiger partial charge in [0.15, 0.2) is 6.61 Å². The quantitative estimate of drug-likeness (QED) is 0.915. The molecule has 1 aromatic rings. The fraction of sp³-hybridized carbons (Fsp3) is 0.500. The highest BCUT2D eigenvalue weighted by Gasteiger charge is 2.28. The van der Waals surface area contributed by atoms with Crippen LogP contribution in [0.3, 0.4) is 0 Å². The number of carbonyl (C=O) groups is 1. The van der Waals surface area contributed by atoms with E-state index < -0.39 is 12.8 Å². The lowest BCUT2D eigenvalue weighted by Crippen LogP contribution is -2.46. The number of amides is 1. The first-order chi connectivity index (χ1) is 9.46. The Morgan fingerprint density at radius 3 is 2.52 bits per heavy atom. The van der Waals surface area contributed by atoms with Gasteiger partial charge >= 0.3 is 6.18 Å². The second-order valence-electron chi connectivity index (χ2n) is 4.33. The Hall–Kier alpha value is -1.54. The minimum atomic E-state index is -4.41. The van der Waals surface area contributed by atoms with Crippen LogP contribution in [0.2, 0.25) is 0 Å². The van der Waals surface area contributed by atoms with Gasteiger partial charge in [0.05, 0.1) is 5.56 Å². The van der Waals surface area contributed by atoms with Gasteiger partial charge in [-0.3, -0.25) is 4.79 Å². The first kappa shape index (κ1) is 17.5. The number of carbonyl (C=O) groups excluding carboxylic acids is 1. The number of pyridine rings is 1. The van der Waals surface area contributed by atoms with Crippen molar-refractivity contribution in [1.82, 2.24) is 15.2 Å². The highest BCUT2D eigenvalue weighted by atomic mass is 35.5. The van der Waals surface area contributed by atoms with Crippen molar-refractivity contribution in [1.29, 1.82) is 0 Å². The number of halogens is 4. The summed E-state index contributed by atoms with van der Waals surface area (Å²) in [7, 11) is 0. The van der Waals surface area contributed by atoms with Crippen molar-refractivity contribution in [3.8, 4) is 5.88 Å². The van der Waals surface area contributed by atoms with Gasteiger partial charge in [0.25, 0.3) is 5.91 Å². The molecule has 1 amide bonds. The minimum Gasteiger partial charge on any atom is -0.468 e. The fourth-order valence-corrected chi connectivity index (χ4v) is 1.80. The number of piperazine rings is 1. The molecular weight excluding hydrogens is 311 g/mol. The molecule has 0 radical (unpaired) electrons. The number of ether oxygens (including phenoxy) is 1. The lowest BCUT2D eigenvalue weighted by Gasteiger charge is -2.27. The maximum atomic E-state index is 12.1. The Bertz CT molecular complexity index is 462. The van der Waals surface area contributed by atoms with Crippen molar-refractivity contribution in [3.05, 3.63) is 23.9 Å². The molecule has 0 spiro atoms. The molecule has 118 valence electrons. The first-order valence-corrected chi connectivity index (χ1v) is 6.11. The zero-order chi connectivity index (χ0) is 14.6. The Balaban J connectivity index is 0.00000220. The van der Waals surface area contributed by atoms with Crippen LogP contribution in [0.1, 0.15) is 10.4 Å². The third-order valence-electron chi connectivity index (χ3n) is 2.77. The van der Waals surface area contributed by atoms with Gasteiger partial charge in [-0.2, -0.15) is 13.2 Å². The molecule has 0 aliphatic carbocycles. The monoisotopic (exact) mass is 325 g/mol. The van der Waals surface area contributed by atoms with Crippen LogP contribution in [0.4, 0.5) is 13.2 Å². The van der Waals surface area contributed by atoms with Crippen molar-refractivity contribution in [2.75, 3.05) is 32.8 Å². The summed E-state index contributed by atoms with van der Waals surface area (Å²) in [4.78, 5) is 17.4. The maximum Gasteiger partial charge on any atom is 0.422 e. The van der Waals surface area contributed by atoms with Gasteiger partial charge in [-0.05, 0) is 6.07 Å². The van der Waals surface area contributed by atoms with Crippen LogP contribution in [0.25, 0.3) is 0 Å². The van der Waals surface area contributed by atoms with Crippen LogP contribution in [0.15, 0.2) is 18.3 Å². The zero-order valence-electron chi connectivity index (χ0n) is 11.0. The van der Waals surface area contributed by atoms with Gasteiger partial charge in [-0.25, -0.2) is 4.98 Å². The Morgan fingerprint density at radius 2 is 2.00 bits per heavy atom.